The summed E-state index contributed by atoms with van der Waals surface area (Å²) in [4.78, 5) is 23.1. The molecule has 0 bridgehead atoms. The van der Waals surface area contributed by atoms with Crippen LogP contribution < -0.4 is 14.7 Å². The van der Waals surface area contributed by atoms with Gasteiger partial charge in [-0.25, -0.2) is 9.97 Å². The van der Waals surface area contributed by atoms with Crippen LogP contribution in [0.5, 0.6) is 0 Å². The van der Waals surface area contributed by atoms with E-state index in [9.17, 15) is 4.79 Å². The Morgan fingerprint density at radius 3 is 2.96 bits per heavy atom. The zero-order valence-corrected chi connectivity index (χ0v) is 13.4. The van der Waals surface area contributed by atoms with Crippen molar-refractivity contribution in [3.8, 4) is 0 Å². The average Bonchev–Trinajstić information content (AvgIpc) is 3.02. The van der Waals surface area contributed by atoms with E-state index in [1.54, 1.807) is 18.5 Å². The van der Waals surface area contributed by atoms with Crippen molar-refractivity contribution < 1.29 is 14.2 Å². The minimum absolute atomic E-state index is 0.192. The first kappa shape index (κ1) is 15.0. The normalized spacial score (nSPS) is 10.7. The van der Waals surface area contributed by atoms with Gasteiger partial charge in [0.05, 0.1) is 24.5 Å². The van der Waals surface area contributed by atoms with Crippen LogP contribution in [0.15, 0.2) is 73.4 Å². The number of rotatable bonds is 4. The van der Waals surface area contributed by atoms with Gasteiger partial charge in [-0.1, -0.05) is 6.07 Å². The Morgan fingerprint density at radius 1 is 1.20 bits per heavy atom. The molecule has 4 rings (SSSR count). The summed E-state index contributed by atoms with van der Waals surface area (Å²) in [6.07, 6.45) is 9.75. The van der Waals surface area contributed by atoms with Crippen LogP contribution in [0.1, 0.15) is 21.9 Å². The Bertz CT molecular complexity index is 1010. The van der Waals surface area contributed by atoms with E-state index >= 15 is 0 Å². The fourth-order valence-electron chi connectivity index (χ4n) is 2.82. The third kappa shape index (κ3) is 3.10. The molecule has 25 heavy (non-hydrogen) atoms. The highest BCUT2D eigenvalue weighted by Gasteiger charge is 2.24. The first-order chi connectivity index (χ1) is 12.3. The summed E-state index contributed by atoms with van der Waals surface area (Å²) in [5, 5.41) is 2.88. The van der Waals surface area contributed by atoms with Crippen molar-refractivity contribution >= 4 is 17.1 Å². The summed E-state index contributed by atoms with van der Waals surface area (Å²) in [6, 6.07) is 13.4. The number of anilines is 1. The lowest BCUT2D eigenvalue weighted by molar-refractivity contribution is -0.520. The summed E-state index contributed by atoms with van der Waals surface area (Å²) < 4.78 is 2.01. The van der Waals surface area contributed by atoms with Crippen molar-refractivity contribution in [2.75, 3.05) is 5.32 Å². The van der Waals surface area contributed by atoms with E-state index in [1.165, 1.54) is 0 Å². The van der Waals surface area contributed by atoms with Crippen LogP contribution in [-0.2, 0) is 6.42 Å². The minimum Gasteiger partial charge on any atom is -0.317 e. The van der Waals surface area contributed by atoms with Crippen molar-refractivity contribution in [1.82, 2.24) is 9.97 Å². The van der Waals surface area contributed by atoms with Crippen molar-refractivity contribution in [1.29, 1.82) is 0 Å². The molecule has 0 atom stereocenters. The fraction of sp³-hybridized carbons (Fsp3) is 0.0526. The van der Waals surface area contributed by atoms with Gasteiger partial charge in [0.25, 0.3) is 11.7 Å². The maximum Gasteiger partial charge on any atom is 0.300 e. The molecule has 0 aromatic carbocycles. The van der Waals surface area contributed by atoms with E-state index in [0.29, 0.717) is 17.8 Å². The van der Waals surface area contributed by atoms with Gasteiger partial charge in [0.2, 0.25) is 5.69 Å². The van der Waals surface area contributed by atoms with Crippen LogP contribution in [0, 0.1) is 0 Å². The highest BCUT2D eigenvalue weighted by Crippen LogP contribution is 2.12. The molecule has 6 heteroatoms. The van der Waals surface area contributed by atoms with Gasteiger partial charge >= 0.3 is 0 Å². The molecule has 3 N–H and O–H groups in total. The number of pyridine rings is 3. The van der Waals surface area contributed by atoms with Gasteiger partial charge in [-0.15, -0.1) is 0 Å². The van der Waals surface area contributed by atoms with Crippen LogP contribution in [0.2, 0.25) is 0 Å². The monoisotopic (exact) mass is 331 g/mol. The van der Waals surface area contributed by atoms with Crippen LogP contribution >= 0.6 is 0 Å². The zero-order valence-electron chi connectivity index (χ0n) is 13.4. The number of hydrogen-bond donors (Lipinski definition) is 2. The minimum atomic E-state index is -0.192. The lowest BCUT2D eigenvalue weighted by Gasteiger charge is -2.00. The van der Waals surface area contributed by atoms with Gasteiger partial charge in [-0.2, -0.15) is 4.40 Å². The van der Waals surface area contributed by atoms with Gasteiger partial charge in [-0.05, 0) is 30.3 Å². The van der Waals surface area contributed by atoms with E-state index in [4.69, 9.17) is 0 Å². The number of carbonyl (C=O) groups is 1. The number of hydrogen-bond acceptors (Lipinski definition) is 2. The molecule has 0 fully saturated rings. The molecular formula is C19H17N5O+2. The number of aromatic amines is 2. The number of carbonyl (C=O) groups excluding carboxylic acids is 1. The number of amides is 1. The smallest absolute Gasteiger partial charge is 0.300 e. The quantitative estimate of drug-likeness (QED) is 0.560. The fourth-order valence-corrected chi connectivity index (χ4v) is 2.82. The molecule has 0 aliphatic heterocycles. The van der Waals surface area contributed by atoms with Gasteiger partial charge in [-0.3, -0.25) is 9.78 Å². The zero-order chi connectivity index (χ0) is 17.1. The molecule has 122 valence electrons. The molecule has 0 saturated heterocycles. The van der Waals surface area contributed by atoms with E-state index in [2.05, 4.69) is 20.3 Å². The SMILES string of the molecule is O=C(Nc1cccnc1)c1[nH]c(Cc2ccc[nH+]c2)[n+]2ccccc12. The number of nitrogens with zero attached hydrogens (tertiary/aromatic N) is 2. The molecule has 0 unspecified atom stereocenters. The van der Waals surface area contributed by atoms with Crippen LogP contribution in [0.4, 0.5) is 5.69 Å². The van der Waals surface area contributed by atoms with E-state index < -0.39 is 0 Å². The predicted octanol–water partition coefficient (Wildman–Crippen LogP) is 1.81. The summed E-state index contributed by atoms with van der Waals surface area (Å²) in [6.45, 7) is 0. The van der Waals surface area contributed by atoms with Crippen LogP contribution in [0.3, 0.4) is 0 Å². The molecule has 0 aliphatic carbocycles. The number of fused-ring (bicyclic) bond motifs is 1. The van der Waals surface area contributed by atoms with Crippen molar-refractivity contribution in [3.63, 3.8) is 0 Å². The van der Waals surface area contributed by atoms with Crippen molar-refractivity contribution in [2.45, 2.75) is 6.42 Å². The molecule has 4 aromatic rings. The molecular weight excluding hydrogens is 314 g/mol. The molecule has 0 saturated carbocycles. The van der Waals surface area contributed by atoms with Gasteiger partial charge < -0.3 is 5.32 Å². The van der Waals surface area contributed by atoms with E-state index in [0.717, 1.165) is 16.9 Å². The van der Waals surface area contributed by atoms with E-state index in [1.807, 2.05) is 59.4 Å². The first-order valence-corrected chi connectivity index (χ1v) is 7.99. The highest BCUT2D eigenvalue weighted by molar-refractivity contribution is 6.06. The Balaban J connectivity index is 1.71. The molecule has 0 spiro atoms. The summed E-state index contributed by atoms with van der Waals surface area (Å²) in [5.41, 5.74) is 3.15. The second-order valence-electron chi connectivity index (χ2n) is 5.69. The second kappa shape index (κ2) is 6.52. The topological polar surface area (TPSA) is 76.0 Å². The van der Waals surface area contributed by atoms with Crippen molar-refractivity contribution in [3.05, 3.63) is 90.5 Å². The standard InChI is InChI=1S/C19H15N5O/c25-19(22-15-6-4-9-21-13-15)18-16-7-1-2-10-24(16)17(23-18)11-14-5-3-8-20-12-14/h1-10,12-13H,11H2,(H,22,25)/p+2. The number of aromatic nitrogens is 4. The van der Waals surface area contributed by atoms with Gasteiger partial charge in [0.1, 0.15) is 0 Å². The maximum atomic E-state index is 12.7. The summed E-state index contributed by atoms with van der Waals surface area (Å²) in [5.74, 6) is 0.745. The number of nitrogens with one attached hydrogen (secondary N) is 3. The molecule has 0 aliphatic rings. The lowest BCUT2D eigenvalue weighted by atomic mass is 10.2. The number of imidazole rings is 1. The van der Waals surface area contributed by atoms with E-state index in [-0.39, 0.29) is 5.91 Å². The molecule has 0 radical (unpaired) electrons. The predicted molar refractivity (Wildman–Crippen MR) is 91.9 cm³/mol. The summed E-state index contributed by atoms with van der Waals surface area (Å²) >= 11 is 0. The Labute approximate surface area is 144 Å². The Kier molecular flexibility index (Phi) is 3.92. The number of H-pyrrole nitrogens is 2. The molecule has 4 heterocycles. The largest absolute Gasteiger partial charge is 0.317 e. The van der Waals surface area contributed by atoms with Crippen LogP contribution in [-0.4, -0.2) is 15.9 Å². The molecule has 4 aromatic heterocycles. The highest BCUT2D eigenvalue weighted by atomic mass is 16.1. The molecule has 1 amide bonds. The second-order valence-corrected chi connectivity index (χ2v) is 5.69. The average molecular weight is 331 g/mol. The maximum absolute atomic E-state index is 12.7. The first-order valence-electron chi connectivity index (χ1n) is 7.99. The third-order valence-electron chi connectivity index (χ3n) is 3.97. The van der Waals surface area contributed by atoms with Crippen molar-refractivity contribution in [2.24, 2.45) is 0 Å². The van der Waals surface area contributed by atoms with Crippen LogP contribution in [0.25, 0.3) is 5.52 Å². The third-order valence-corrected chi connectivity index (χ3v) is 3.97. The Hall–Kier alpha value is -3.54. The molecule has 6 nitrogen and oxygen atoms in total. The summed E-state index contributed by atoms with van der Waals surface area (Å²) in [7, 11) is 0. The Morgan fingerprint density at radius 2 is 2.16 bits per heavy atom. The van der Waals surface area contributed by atoms with Gasteiger partial charge in [0.15, 0.2) is 17.9 Å². The van der Waals surface area contributed by atoms with Gasteiger partial charge in [0, 0.05) is 17.8 Å². The lowest BCUT2D eigenvalue weighted by Crippen LogP contribution is -2.24.